The van der Waals surface area contributed by atoms with E-state index in [1.165, 1.54) is 0 Å². The van der Waals surface area contributed by atoms with E-state index in [0.29, 0.717) is 24.5 Å². The van der Waals surface area contributed by atoms with Crippen LogP contribution in [0.2, 0.25) is 0 Å². The van der Waals surface area contributed by atoms with E-state index in [9.17, 15) is 8.42 Å². The Hall–Kier alpha value is -1.31. The average Bonchev–Trinajstić information content (AvgIpc) is 2.27. The lowest BCUT2D eigenvalue weighted by Crippen LogP contribution is -2.19. The second kappa shape index (κ2) is 4.52. The highest BCUT2D eigenvalue weighted by Gasteiger charge is 2.25. The topological polar surface area (TPSA) is 87.9 Å². The van der Waals surface area contributed by atoms with E-state index in [-0.39, 0.29) is 17.3 Å². The molecule has 0 aliphatic carbocycles. The summed E-state index contributed by atoms with van der Waals surface area (Å²) in [6, 6.07) is 3.26. The molecule has 0 aromatic heterocycles. The third kappa shape index (κ3) is 2.36. The molecule has 1 aromatic rings. The van der Waals surface area contributed by atoms with Crippen molar-refractivity contribution in [2.24, 2.45) is 5.90 Å². The molecule has 17 heavy (non-hydrogen) atoms. The highest BCUT2D eigenvalue weighted by Crippen LogP contribution is 2.38. The van der Waals surface area contributed by atoms with E-state index in [0.717, 1.165) is 6.26 Å². The van der Waals surface area contributed by atoms with Gasteiger partial charge in [-0.25, -0.2) is 14.3 Å². The Morgan fingerprint density at radius 2 is 2.06 bits per heavy atom. The molecule has 1 aromatic carbocycles. The predicted octanol–water partition coefficient (Wildman–Crippen LogP) is 0.252. The van der Waals surface area contributed by atoms with Crippen molar-refractivity contribution in [3.05, 3.63) is 17.7 Å². The summed E-state index contributed by atoms with van der Waals surface area (Å²) in [5.41, 5.74) is 0.458. The molecule has 0 saturated carbocycles. The Morgan fingerprint density at radius 3 is 2.71 bits per heavy atom. The van der Waals surface area contributed by atoms with Gasteiger partial charge < -0.3 is 9.47 Å². The maximum atomic E-state index is 11.8. The molecule has 7 heteroatoms. The average molecular weight is 259 g/mol. The van der Waals surface area contributed by atoms with Crippen LogP contribution in [-0.2, 0) is 21.3 Å². The summed E-state index contributed by atoms with van der Waals surface area (Å²) in [5.74, 6) is 5.65. The van der Waals surface area contributed by atoms with E-state index >= 15 is 0 Å². The molecule has 0 radical (unpaired) electrons. The number of hydrogen-bond donors (Lipinski definition) is 1. The molecule has 2 rings (SSSR count). The Labute approximate surface area is 99.1 Å². The fraction of sp³-hybridized carbons (Fsp3) is 0.400. The SMILES string of the molecule is CS(=O)(=O)c1c(CON)ccc2c1OCCO2. The third-order valence-corrected chi connectivity index (χ3v) is 3.54. The first-order valence-corrected chi connectivity index (χ1v) is 6.86. The molecule has 0 unspecified atom stereocenters. The number of nitrogens with two attached hydrogens (primary N) is 1. The zero-order valence-corrected chi connectivity index (χ0v) is 10.1. The number of fused-ring (bicyclic) bond motifs is 1. The van der Waals surface area contributed by atoms with Gasteiger partial charge in [-0.15, -0.1) is 0 Å². The van der Waals surface area contributed by atoms with Crippen molar-refractivity contribution in [3.63, 3.8) is 0 Å². The minimum absolute atomic E-state index is 0.000949. The lowest BCUT2D eigenvalue weighted by Gasteiger charge is -2.22. The largest absolute Gasteiger partial charge is 0.486 e. The van der Waals surface area contributed by atoms with Crippen LogP contribution in [-0.4, -0.2) is 27.9 Å². The predicted molar refractivity (Wildman–Crippen MR) is 59.5 cm³/mol. The second-order valence-electron chi connectivity index (χ2n) is 3.66. The van der Waals surface area contributed by atoms with Crippen molar-refractivity contribution in [1.82, 2.24) is 0 Å². The number of benzene rings is 1. The molecule has 0 fully saturated rings. The van der Waals surface area contributed by atoms with Crippen LogP contribution >= 0.6 is 0 Å². The molecular formula is C10H13NO5S. The molecule has 0 spiro atoms. The monoisotopic (exact) mass is 259 g/mol. The highest BCUT2D eigenvalue weighted by molar-refractivity contribution is 7.90. The lowest BCUT2D eigenvalue weighted by atomic mass is 10.2. The summed E-state index contributed by atoms with van der Waals surface area (Å²) in [5, 5.41) is 0. The number of hydrogen-bond acceptors (Lipinski definition) is 6. The molecule has 1 aliphatic heterocycles. The van der Waals surface area contributed by atoms with Crippen molar-refractivity contribution in [3.8, 4) is 11.5 Å². The molecule has 0 amide bonds. The molecule has 0 saturated heterocycles. The van der Waals surface area contributed by atoms with Crippen LogP contribution in [0.1, 0.15) is 5.56 Å². The number of rotatable bonds is 3. The van der Waals surface area contributed by atoms with Crippen LogP contribution in [0.5, 0.6) is 11.5 Å². The van der Waals surface area contributed by atoms with Gasteiger partial charge in [0.1, 0.15) is 18.1 Å². The van der Waals surface area contributed by atoms with Gasteiger partial charge >= 0.3 is 0 Å². The van der Waals surface area contributed by atoms with Gasteiger partial charge in [-0.1, -0.05) is 6.07 Å². The van der Waals surface area contributed by atoms with Gasteiger partial charge in [0.05, 0.1) is 6.61 Å². The van der Waals surface area contributed by atoms with Gasteiger partial charge in [0, 0.05) is 11.8 Å². The maximum absolute atomic E-state index is 11.8. The van der Waals surface area contributed by atoms with Gasteiger partial charge in [-0.3, -0.25) is 4.84 Å². The number of sulfone groups is 1. The van der Waals surface area contributed by atoms with Crippen molar-refractivity contribution >= 4 is 9.84 Å². The Morgan fingerprint density at radius 1 is 1.35 bits per heavy atom. The maximum Gasteiger partial charge on any atom is 0.180 e. The summed E-state index contributed by atoms with van der Waals surface area (Å²) >= 11 is 0. The zero-order chi connectivity index (χ0) is 12.5. The normalized spacial score (nSPS) is 14.7. The summed E-state index contributed by atoms with van der Waals surface area (Å²) in [6.07, 6.45) is 1.11. The molecule has 1 aliphatic rings. The Bertz CT molecular complexity index is 526. The summed E-state index contributed by atoms with van der Waals surface area (Å²) < 4.78 is 34.2. The highest BCUT2D eigenvalue weighted by atomic mass is 32.2. The molecule has 6 nitrogen and oxygen atoms in total. The van der Waals surface area contributed by atoms with Crippen molar-refractivity contribution < 1.29 is 22.7 Å². The van der Waals surface area contributed by atoms with Crippen molar-refractivity contribution in [2.45, 2.75) is 11.5 Å². The first-order chi connectivity index (χ1) is 8.04. The quantitative estimate of drug-likeness (QED) is 0.783. The van der Waals surface area contributed by atoms with Crippen LogP contribution in [0.25, 0.3) is 0 Å². The van der Waals surface area contributed by atoms with E-state index in [4.69, 9.17) is 15.4 Å². The third-order valence-electron chi connectivity index (χ3n) is 2.35. The lowest BCUT2D eigenvalue weighted by molar-refractivity contribution is 0.120. The molecule has 0 atom stereocenters. The standard InChI is InChI=1S/C10H13NO5S/c1-17(12,13)10-7(6-16-11)2-3-8-9(10)15-5-4-14-8/h2-3H,4-6,11H2,1H3. The van der Waals surface area contributed by atoms with Gasteiger partial charge in [-0.05, 0) is 6.07 Å². The van der Waals surface area contributed by atoms with Gasteiger partial charge in [-0.2, -0.15) is 0 Å². The fourth-order valence-corrected chi connectivity index (χ4v) is 2.84. The van der Waals surface area contributed by atoms with Crippen molar-refractivity contribution in [1.29, 1.82) is 0 Å². The van der Waals surface area contributed by atoms with Gasteiger partial charge in [0.15, 0.2) is 21.3 Å². The van der Waals surface area contributed by atoms with Crippen LogP contribution in [0.4, 0.5) is 0 Å². The van der Waals surface area contributed by atoms with Crippen LogP contribution in [0.15, 0.2) is 17.0 Å². The van der Waals surface area contributed by atoms with E-state index in [1.54, 1.807) is 12.1 Å². The molecule has 1 heterocycles. The fourth-order valence-electron chi connectivity index (χ4n) is 1.74. The Kier molecular flexibility index (Phi) is 3.23. The smallest absolute Gasteiger partial charge is 0.180 e. The summed E-state index contributed by atoms with van der Waals surface area (Å²) in [7, 11) is -3.44. The van der Waals surface area contributed by atoms with Crippen LogP contribution < -0.4 is 15.4 Å². The van der Waals surface area contributed by atoms with Gasteiger partial charge in [0.2, 0.25) is 0 Å². The zero-order valence-electron chi connectivity index (χ0n) is 9.30. The summed E-state index contributed by atoms with van der Waals surface area (Å²) in [6.45, 7) is 0.727. The van der Waals surface area contributed by atoms with Gasteiger partial charge in [0.25, 0.3) is 0 Å². The van der Waals surface area contributed by atoms with Crippen molar-refractivity contribution in [2.75, 3.05) is 19.5 Å². The molecule has 0 bridgehead atoms. The van der Waals surface area contributed by atoms with E-state index < -0.39 is 9.84 Å². The minimum Gasteiger partial charge on any atom is -0.486 e. The molecule has 94 valence electrons. The minimum atomic E-state index is -3.44. The van der Waals surface area contributed by atoms with Crippen LogP contribution in [0.3, 0.4) is 0 Å². The summed E-state index contributed by atoms with van der Waals surface area (Å²) in [4.78, 5) is 4.58. The first-order valence-electron chi connectivity index (χ1n) is 4.97. The number of ether oxygens (including phenoxy) is 2. The van der Waals surface area contributed by atoms with Crippen LogP contribution in [0, 0.1) is 0 Å². The molecular weight excluding hydrogens is 246 g/mol. The molecule has 2 N–H and O–H groups in total. The second-order valence-corrected chi connectivity index (χ2v) is 5.61. The van der Waals surface area contributed by atoms with E-state index in [1.807, 2.05) is 0 Å². The first kappa shape index (κ1) is 12.2. The van der Waals surface area contributed by atoms with E-state index in [2.05, 4.69) is 4.84 Å². The Balaban J connectivity index is 2.64.